The van der Waals surface area contributed by atoms with Crippen LogP contribution in [0.3, 0.4) is 0 Å². The van der Waals surface area contributed by atoms with Gasteiger partial charge in [-0.2, -0.15) is 16.8 Å². The number of rotatable bonds is 20. The largest absolute Gasteiger partial charge is 0.505 e. The first-order chi connectivity index (χ1) is 35.7. The minimum Gasteiger partial charge on any atom is -0.505 e. The summed E-state index contributed by atoms with van der Waals surface area (Å²) in [6.07, 6.45) is 0. The number of nitrogens with one attached hydrogen (secondary N) is 2. The third kappa shape index (κ3) is 13.0. The molecule has 0 bridgehead atoms. The van der Waals surface area contributed by atoms with Gasteiger partial charge in [-0.15, -0.1) is 29.1 Å². The molecule has 31 heteroatoms. The Kier molecular flexibility index (Phi) is 18.0. The van der Waals surface area contributed by atoms with E-state index in [1.165, 1.54) is 72.8 Å². The highest BCUT2D eigenvalue weighted by atomic mass is 35.5. The number of hydrogen-bond acceptors (Lipinski definition) is 22. The first kappa shape index (κ1) is 56.3. The zero-order valence-electron chi connectivity index (χ0n) is 37.7. The van der Waals surface area contributed by atoms with Crippen LogP contribution in [0, 0.1) is 0 Å². The number of phenolic OH excluding ortho intramolecular Hbond substituents is 2. The average Bonchev–Trinajstić information content (AvgIpc) is 3.35. The van der Waals surface area contributed by atoms with Gasteiger partial charge >= 0.3 is 0 Å². The van der Waals surface area contributed by atoms with Crippen molar-refractivity contribution in [2.45, 2.75) is 33.4 Å². The molecule has 0 fully saturated rings. The second kappa shape index (κ2) is 24.0. The molecular weight excluding hydrogens is 1140 g/mol. The number of carbonyl (C=O) groups excluding carboxylic acids is 2. The number of hydrogen-bond donors (Lipinski definition) is 8. The molecule has 0 radical (unpaired) electrons. The Morgan fingerprint density at radius 3 is 1.79 bits per heavy atom. The first-order valence-electron chi connectivity index (χ1n) is 20.7. The molecule has 7 rings (SSSR count). The standard InChI is InChI=1S/C44H33Cl3N6O18S4/c1-3-66-32-19-29(51-53-40-35(75(63,64)65)15-21-12-24(72-70-68-58)16-30(36(21)42(40)55)49-44(57)26-6-5-7-27(46)38(26)47)33(67-4-2)18-28(32)50-52-39-34(73-71-69-59)14-22-13-25(74(60,61)62)17-31(37(22)41(39)54)48-43(56)20-8-10-23(45)11-9-20/h5-19,54-55,58-59H,3-4H2,1-2H3,(H,48,56)(H,49,57)(H,60,61,62)(H,63,64,65). The smallest absolute Gasteiger partial charge is 0.296 e. The highest BCUT2D eigenvalue weighted by Gasteiger charge is 2.27. The molecule has 7 aromatic rings. The van der Waals surface area contributed by atoms with E-state index in [0.29, 0.717) is 17.1 Å². The van der Waals surface area contributed by atoms with Crippen molar-refractivity contribution in [2.24, 2.45) is 20.5 Å². The molecular formula is C44H33Cl3N6O18S4. The summed E-state index contributed by atoms with van der Waals surface area (Å²) in [6.45, 7) is 3.14. The maximum absolute atomic E-state index is 13.6. The fourth-order valence-corrected chi connectivity index (χ4v) is 9.64. The predicted molar refractivity (Wildman–Crippen MR) is 273 cm³/mol. The lowest BCUT2D eigenvalue weighted by molar-refractivity contribution is -0.432. The van der Waals surface area contributed by atoms with Crippen LogP contribution in [0.15, 0.2) is 131 Å². The van der Waals surface area contributed by atoms with Crippen molar-refractivity contribution in [1.82, 2.24) is 0 Å². The third-order valence-corrected chi connectivity index (χ3v) is 14.0. The minimum atomic E-state index is -5.24. The second-order valence-electron chi connectivity index (χ2n) is 14.8. The van der Waals surface area contributed by atoms with Gasteiger partial charge in [0.25, 0.3) is 32.1 Å². The van der Waals surface area contributed by atoms with Gasteiger partial charge in [0.1, 0.15) is 39.1 Å². The number of nitrogens with zero attached hydrogens (tertiary/aromatic N) is 4. The fourth-order valence-electron chi connectivity index (χ4n) is 6.98. The van der Waals surface area contributed by atoms with Gasteiger partial charge < -0.3 is 30.3 Å². The van der Waals surface area contributed by atoms with Gasteiger partial charge in [0, 0.05) is 38.4 Å². The Hall–Kier alpha value is -6.45. The van der Waals surface area contributed by atoms with Gasteiger partial charge in [-0.25, -0.2) is 10.5 Å². The van der Waals surface area contributed by atoms with Gasteiger partial charge in [-0.3, -0.25) is 18.7 Å². The molecule has 0 heterocycles. The van der Waals surface area contributed by atoms with E-state index >= 15 is 0 Å². The Bertz CT molecular complexity index is 3690. The minimum absolute atomic E-state index is 0.0210. The number of amides is 2. The molecule has 0 aliphatic heterocycles. The van der Waals surface area contributed by atoms with Crippen molar-refractivity contribution in [2.75, 3.05) is 23.8 Å². The van der Waals surface area contributed by atoms with Crippen LogP contribution in [0.4, 0.5) is 34.1 Å². The zero-order chi connectivity index (χ0) is 54.4. The molecule has 2 amide bonds. The lowest BCUT2D eigenvalue weighted by atomic mass is 10.1. The lowest BCUT2D eigenvalue weighted by Crippen LogP contribution is -2.13. The number of halogens is 3. The number of azo groups is 2. The van der Waals surface area contributed by atoms with Gasteiger partial charge in [0.15, 0.2) is 11.5 Å². The van der Waals surface area contributed by atoms with Gasteiger partial charge in [-0.05, 0) is 97.4 Å². The normalized spacial score (nSPS) is 12.0. The van der Waals surface area contributed by atoms with Crippen LogP contribution in [0.1, 0.15) is 34.6 Å². The summed E-state index contributed by atoms with van der Waals surface area (Å²) in [7, 11) is -10.2. The lowest BCUT2D eigenvalue weighted by Gasteiger charge is -2.16. The summed E-state index contributed by atoms with van der Waals surface area (Å²) in [5.74, 6) is -3.52. The Morgan fingerprint density at radius 2 is 1.20 bits per heavy atom. The van der Waals surface area contributed by atoms with Crippen LogP contribution < -0.4 is 20.1 Å². The summed E-state index contributed by atoms with van der Waals surface area (Å²) in [5, 5.41) is 70.3. The van der Waals surface area contributed by atoms with Crippen molar-refractivity contribution < 1.29 is 84.5 Å². The molecule has 0 unspecified atom stereocenters. The predicted octanol–water partition coefficient (Wildman–Crippen LogP) is 12.8. The van der Waals surface area contributed by atoms with E-state index in [0.717, 1.165) is 18.2 Å². The third-order valence-electron chi connectivity index (χ3n) is 10.1. The quantitative estimate of drug-likeness (QED) is 0.0115. The zero-order valence-corrected chi connectivity index (χ0v) is 43.2. The van der Waals surface area contributed by atoms with Crippen LogP contribution in [0.5, 0.6) is 23.0 Å². The molecule has 0 saturated heterocycles. The van der Waals surface area contributed by atoms with E-state index in [1.54, 1.807) is 13.8 Å². The molecule has 0 aliphatic rings. The Labute approximate surface area is 446 Å². The van der Waals surface area contributed by atoms with Gasteiger partial charge in [0.05, 0.1) is 74.1 Å². The summed E-state index contributed by atoms with van der Waals surface area (Å²) in [5.41, 5.74) is -2.12. The fraction of sp³-hybridized carbons (Fsp3) is 0.0909. The van der Waals surface area contributed by atoms with E-state index in [1.807, 2.05) is 0 Å². The van der Waals surface area contributed by atoms with Gasteiger partial charge in [-0.1, -0.05) is 50.9 Å². The summed E-state index contributed by atoms with van der Waals surface area (Å²) in [4.78, 5) is 25.2. The van der Waals surface area contributed by atoms with Crippen LogP contribution >= 0.6 is 58.9 Å². The number of anilines is 2. The first-order valence-corrected chi connectivity index (χ1v) is 26.2. The molecule has 0 saturated carbocycles. The summed E-state index contributed by atoms with van der Waals surface area (Å²) in [6, 6.07) is 18.8. The highest BCUT2D eigenvalue weighted by Crippen LogP contribution is 2.50. The topological polar surface area (TPSA) is 353 Å². The van der Waals surface area contributed by atoms with Crippen molar-refractivity contribution in [1.29, 1.82) is 0 Å². The summed E-state index contributed by atoms with van der Waals surface area (Å²) >= 11 is 19.1. The van der Waals surface area contributed by atoms with Gasteiger partial charge in [0.2, 0.25) is 0 Å². The molecule has 0 aliphatic carbocycles. The van der Waals surface area contributed by atoms with Crippen LogP contribution in [-0.2, 0) is 39.0 Å². The van der Waals surface area contributed by atoms with Crippen LogP contribution in [-0.4, -0.2) is 71.7 Å². The monoisotopic (exact) mass is 1170 g/mol. The van der Waals surface area contributed by atoms with Crippen LogP contribution in [0.25, 0.3) is 21.5 Å². The maximum atomic E-state index is 13.6. The van der Waals surface area contributed by atoms with Crippen molar-refractivity contribution in [3.63, 3.8) is 0 Å². The molecule has 0 aromatic heterocycles. The highest BCUT2D eigenvalue weighted by molar-refractivity contribution is 7.95. The number of aromatic hydroxyl groups is 2. The molecule has 0 atom stereocenters. The maximum Gasteiger partial charge on any atom is 0.296 e. The molecule has 392 valence electrons. The Morgan fingerprint density at radius 1 is 0.640 bits per heavy atom. The van der Waals surface area contributed by atoms with Crippen molar-refractivity contribution >= 4 is 147 Å². The number of benzene rings is 7. The molecule has 7 aromatic carbocycles. The van der Waals surface area contributed by atoms with Crippen molar-refractivity contribution in [3.05, 3.63) is 117 Å². The van der Waals surface area contributed by atoms with E-state index < -0.39 is 64.7 Å². The van der Waals surface area contributed by atoms with E-state index in [4.69, 9.17) is 54.8 Å². The number of ether oxygens (including phenoxy) is 2. The molecule has 8 N–H and O–H groups in total. The van der Waals surface area contributed by atoms with Crippen LogP contribution in [0.2, 0.25) is 15.1 Å². The average molecular weight is 1170 g/mol. The Balaban J connectivity index is 1.36. The van der Waals surface area contributed by atoms with E-state index in [2.05, 4.69) is 49.8 Å². The second-order valence-corrected chi connectivity index (χ2v) is 20.3. The number of fused-ring (bicyclic) bond motifs is 2. The molecule has 24 nitrogen and oxygen atoms in total. The number of carbonyl (C=O) groups is 2. The molecule has 0 spiro atoms. The SMILES string of the molecule is CCOc1cc(N=Nc2c(S(=O)(=O)O)cc3cc(SOOO)cc(NC(=O)c4cccc(Cl)c4Cl)c3c2O)c(OCC)cc1N=Nc1c(SOOO)cc2cc(S(=O)(=O)O)cc(NC(=O)c3ccc(Cl)cc3)c2c1O. The van der Waals surface area contributed by atoms with E-state index in [-0.39, 0.29) is 112 Å². The number of phenols is 2. The van der Waals surface area contributed by atoms with Crippen molar-refractivity contribution in [3.8, 4) is 23.0 Å². The molecule has 75 heavy (non-hydrogen) atoms. The summed E-state index contributed by atoms with van der Waals surface area (Å²) < 4.78 is 91.9. The van der Waals surface area contributed by atoms with E-state index in [9.17, 15) is 45.7 Å².